The van der Waals surface area contributed by atoms with Crippen LogP contribution in [0.2, 0.25) is 5.02 Å². The van der Waals surface area contributed by atoms with Crippen molar-refractivity contribution in [2.24, 2.45) is 5.10 Å². The number of anilines is 1. The first-order valence-corrected chi connectivity index (χ1v) is 8.60. The van der Waals surface area contributed by atoms with Gasteiger partial charge in [-0.1, -0.05) is 41.9 Å². The number of halogens is 1. The smallest absolute Gasteiger partial charge is 0.342 e. The van der Waals surface area contributed by atoms with E-state index in [0.29, 0.717) is 13.0 Å². The molecule has 0 aliphatic carbocycles. The average molecular weight is 388 g/mol. The highest BCUT2D eigenvalue weighted by Gasteiger charge is 2.24. The first-order valence-electron chi connectivity index (χ1n) is 8.23. The quantitative estimate of drug-likeness (QED) is 0.628. The van der Waals surface area contributed by atoms with Crippen LogP contribution in [0.4, 0.5) is 5.69 Å². The number of hydrogen-bond acceptors (Lipinski definition) is 6. The Kier molecular flexibility index (Phi) is 5.61. The Bertz CT molecular complexity index is 899. The summed E-state index contributed by atoms with van der Waals surface area (Å²) in [4.78, 5) is 24.6. The van der Waals surface area contributed by atoms with Gasteiger partial charge in [0.15, 0.2) is 6.61 Å². The number of nitrogens with two attached hydrogens (primary N) is 1. The van der Waals surface area contributed by atoms with Crippen molar-refractivity contribution in [3.63, 3.8) is 0 Å². The van der Waals surface area contributed by atoms with E-state index in [1.165, 1.54) is 24.3 Å². The molecular weight excluding hydrogens is 370 g/mol. The molecule has 0 atom stereocenters. The minimum Gasteiger partial charge on any atom is -0.496 e. The van der Waals surface area contributed by atoms with E-state index >= 15 is 0 Å². The number of hydrazone groups is 1. The Morgan fingerprint density at radius 2 is 2.00 bits per heavy atom. The van der Waals surface area contributed by atoms with Crippen molar-refractivity contribution in [3.05, 3.63) is 58.6 Å². The van der Waals surface area contributed by atoms with Gasteiger partial charge in [0.2, 0.25) is 0 Å². The van der Waals surface area contributed by atoms with E-state index in [9.17, 15) is 9.59 Å². The van der Waals surface area contributed by atoms with Crippen molar-refractivity contribution in [1.82, 2.24) is 5.01 Å². The van der Waals surface area contributed by atoms with Crippen molar-refractivity contribution in [2.45, 2.75) is 6.42 Å². The fourth-order valence-corrected chi connectivity index (χ4v) is 2.81. The third-order valence-corrected chi connectivity index (χ3v) is 4.39. The fourth-order valence-electron chi connectivity index (χ4n) is 2.65. The zero-order chi connectivity index (χ0) is 19.4. The van der Waals surface area contributed by atoms with Crippen LogP contribution in [0, 0.1) is 0 Å². The van der Waals surface area contributed by atoms with Gasteiger partial charge in [-0.15, -0.1) is 0 Å². The van der Waals surface area contributed by atoms with Gasteiger partial charge in [0.1, 0.15) is 11.3 Å². The molecule has 2 N–H and O–H groups in total. The number of esters is 1. The molecule has 3 rings (SSSR count). The molecule has 1 aliphatic heterocycles. The molecule has 0 spiro atoms. The molecule has 140 valence electrons. The van der Waals surface area contributed by atoms with Gasteiger partial charge in [-0.25, -0.2) is 9.80 Å². The third-order valence-electron chi connectivity index (χ3n) is 4.06. The molecule has 2 aromatic carbocycles. The van der Waals surface area contributed by atoms with Crippen LogP contribution in [-0.4, -0.2) is 42.9 Å². The van der Waals surface area contributed by atoms with Crippen molar-refractivity contribution < 1.29 is 19.1 Å². The summed E-state index contributed by atoms with van der Waals surface area (Å²) in [7, 11) is 1.40. The Hall–Kier alpha value is -3.06. The molecular formula is C19H18ClN3O4. The maximum atomic E-state index is 12.3. The molecule has 0 saturated carbocycles. The number of carbonyl (C=O) groups excluding carboxylic acids is 2. The van der Waals surface area contributed by atoms with E-state index < -0.39 is 18.5 Å². The van der Waals surface area contributed by atoms with Crippen molar-refractivity contribution in [1.29, 1.82) is 0 Å². The second kappa shape index (κ2) is 8.09. The first kappa shape index (κ1) is 18.7. The van der Waals surface area contributed by atoms with E-state index in [1.54, 1.807) is 0 Å². The Morgan fingerprint density at radius 3 is 2.70 bits per heavy atom. The molecule has 0 fully saturated rings. The summed E-state index contributed by atoms with van der Waals surface area (Å²) in [5, 5.41) is 5.82. The van der Waals surface area contributed by atoms with Crippen LogP contribution >= 0.6 is 11.6 Å². The molecule has 1 amide bonds. The van der Waals surface area contributed by atoms with E-state index in [-0.39, 0.29) is 22.0 Å². The van der Waals surface area contributed by atoms with Crippen LogP contribution in [0.5, 0.6) is 5.75 Å². The minimum absolute atomic E-state index is 0.0967. The molecule has 0 bridgehead atoms. The normalized spacial score (nSPS) is 13.3. The van der Waals surface area contributed by atoms with Crippen molar-refractivity contribution in [2.75, 3.05) is 26.0 Å². The number of rotatable bonds is 5. The second-order valence-corrected chi connectivity index (χ2v) is 6.24. The highest BCUT2D eigenvalue weighted by atomic mass is 35.5. The number of carbonyl (C=O) groups is 2. The van der Waals surface area contributed by atoms with Gasteiger partial charge in [-0.05, 0) is 11.6 Å². The predicted octanol–water partition coefficient (Wildman–Crippen LogP) is 2.72. The molecule has 8 heteroatoms. The molecule has 2 aromatic rings. The summed E-state index contributed by atoms with van der Waals surface area (Å²) in [5.41, 5.74) is 7.85. The van der Waals surface area contributed by atoms with Gasteiger partial charge in [0.05, 0.1) is 30.1 Å². The molecule has 0 aromatic heterocycles. The summed E-state index contributed by atoms with van der Waals surface area (Å²) < 4.78 is 10.2. The number of nitrogen functional groups attached to an aromatic ring is 1. The fraction of sp³-hybridized carbons (Fsp3) is 0.211. The van der Waals surface area contributed by atoms with Crippen molar-refractivity contribution in [3.8, 4) is 5.75 Å². The van der Waals surface area contributed by atoms with Crippen LogP contribution in [0.3, 0.4) is 0 Å². The standard InChI is InChI=1S/C19H18ClN3O4/c1-26-17-10-15(21)14(20)9-13(17)19(25)27-11-18(24)23-8-7-16(22-23)12-5-3-2-4-6-12/h2-6,9-10H,7-8,11,21H2,1H3. The summed E-state index contributed by atoms with van der Waals surface area (Å²) in [5.74, 6) is -0.914. The van der Waals surface area contributed by atoms with E-state index in [4.69, 9.17) is 26.8 Å². The first-order chi connectivity index (χ1) is 13.0. The lowest BCUT2D eigenvalue weighted by atomic mass is 10.1. The number of amides is 1. The van der Waals surface area contributed by atoms with E-state index in [1.807, 2.05) is 30.3 Å². The highest BCUT2D eigenvalue weighted by Crippen LogP contribution is 2.29. The number of nitrogens with zero attached hydrogens (tertiary/aromatic N) is 2. The molecule has 1 heterocycles. The Labute approximate surface area is 161 Å². The van der Waals surface area contributed by atoms with Gasteiger partial charge in [0.25, 0.3) is 5.91 Å². The largest absolute Gasteiger partial charge is 0.496 e. The number of ether oxygens (including phenoxy) is 2. The summed E-state index contributed by atoms with van der Waals surface area (Å²) >= 11 is 5.95. The zero-order valence-electron chi connectivity index (χ0n) is 14.6. The van der Waals surface area contributed by atoms with Gasteiger partial charge in [-0.2, -0.15) is 5.10 Å². The summed E-state index contributed by atoms with van der Waals surface area (Å²) in [6.07, 6.45) is 0.644. The average Bonchev–Trinajstić information content (AvgIpc) is 3.18. The summed E-state index contributed by atoms with van der Waals surface area (Å²) in [6.45, 7) is 0.00713. The lowest BCUT2D eigenvalue weighted by molar-refractivity contribution is -0.134. The molecule has 1 aliphatic rings. The lowest BCUT2D eigenvalue weighted by Crippen LogP contribution is -2.28. The SMILES string of the molecule is COc1cc(N)c(Cl)cc1C(=O)OCC(=O)N1CCC(c2ccccc2)=N1. The van der Waals surface area contributed by atoms with E-state index in [0.717, 1.165) is 11.3 Å². The van der Waals surface area contributed by atoms with Crippen LogP contribution in [0.25, 0.3) is 0 Å². The number of hydrogen-bond donors (Lipinski definition) is 1. The number of benzene rings is 2. The maximum Gasteiger partial charge on any atom is 0.342 e. The molecule has 27 heavy (non-hydrogen) atoms. The highest BCUT2D eigenvalue weighted by molar-refractivity contribution is 6.33. The van der Waals surface area contributed by atoms with Gasteiger partial charge >= 0.3 is 5.97 Å². The topological polar surface area (TPSA) is 94.2 Å². The third kappa shape index (κ3) is 4.20. The van der Waals surface area contributed by atoms with Gasteiger partial charge in [0, 0.05) is 12.5 Å². The van der Waals surface area contributed by atoms with Gasteiger partial charge < -0.3 is 15.2 Å². The van der Waals surface area contributed by atoms with E-state index in [2.05, 4.69) is 5.10 Å². The molecule has 7 nitrogen and oxygen atoms in total. The predicted molar refractivity (Wildman–Crippen MR) is 102 cm³/mol. The zero-order valence-corrected chi connectivity index (χ0v) is 15.4. The monoisotopic (exact) mass is 387 g/mol. The lowest BCUT2D eigenvalue weighted by Gasteiger charge is -2.13. The second-order valence-electron chi connectivity index (χ2n) is 5.83. The van der Waals surface area contributed by atoms with Crippen LogP contribution < -0.4 is 10.5 Å². The summed E-state index contributed by atoms with van der Waals surface area (Å²) in [6, 6.07) is 12.4. The maximum absolute atomic E-state index is 12.3. The Morgan fingerprint density at radius 1 is 1.26 bits per heavy atom. The molecule has 0 unspecified atom stereocenters. The van der Waals surface area contributed by atoms with Crippen LogP contribution in [-0.2, 0) is 9.53 Å². The number of methoxy groups -OCH3 is 1. The van der Waals surface area contributed by atoms with Crippen molar-refractivity contribution >= 4 is 34.9 Å². The molecule has 0 saturated heterocycles. The van der Waals surface area contributed by atoms with Gasteiger partial charge in [-0.3, -0.25) is 4.79 Å². The molecule has 0 radical (unpaired) electrons. The van der Waals surface area contributed by atoms with Crippen LogP contribution in [0.15, 0.2) is 47.6 Å². The minimum atomic E-state index is -0.728. The Balaban J connectivity index is 1.64. The van der Waals surface area contributed by atoms with Crippen LogP contribution in [0.1, 0.15) is 22.3 Å².